The lowest BCUT2D eigenvalue weighted by Crippen LogP contribution is -2.49. The highest BCUT2D eigenvalue weighted by Gasteiger charge is 2.36. The van der Waals surface area contributed by atoms with Crippen LogP contribution in [-0.4, -0.2) is 47.4 Å². The highest BCUT2D eigenvalue weighted by atomic mass is 16.2. The van der Waals surface area contributed by atoms with Crippen LogP contribution in [0.5, 0.6) is 0 Å². The van der Waals surface area contributed by atoms with Crippen molar-refractivity contribution in [2.75, 3.05) is 19.6 Å². The van der Waals surface area contributed by atoms with Crippen LogP contribution in [0, 0.1) is 18.8 Å². The second-order valence-corrected chi connectivity index (χ2v) is 8.08. The first-order chi connectivity index (χ1) is 12.5. The summed E-state index contributed by atoms with van der Waals surface area (Å²) >= 11 is 0. The summed E-state index contributed by atoms with van der Waals surface area (Å²) in [5, 5.41) is 3.04. The van der Waals surface area contributed by atoms with Crippen molar-refractivity contribution < 1.29 is 9.59 Å². The van der Waals surface area contributed by atoms with Gasteiger partial charge in [0.25, 0.3) is 0 Å². The van der Waals surface area contributed by atoms with E-state index in [0.29, 0.717) is 37.9 Å². The summed E-state index contributed by atoms with van der Waals surface area (Å²) < 4.78 is 0. The lowest BCUT2D eigenvalue weighted by atomic mass is 10.0. The summed E-state index contributed by atoms with van der Waals surface area (Å²) in [5.74, 6) is 1.20. The van der Waals surface area contributed by atoms with Crippen LogP contribution in [-0.2, 0) is 11.3 Å². The van der Waals surface area contributed by atoms with Crippen molar-refractivity contribution in [3.8, 4) is 0 Å². The molecule has 5 nitrogen and oxygen atoms in total. The molecular formula is C21H31N3O2. The SMILES string of the molecule is Cc1ccccc1CNC(=O)N1CCC(=O)N(CC2CC2)[C@H](C(C)C)C1. The number of nitrogens with one attached hydrogen (secondary N) is 1. The number of urea groups is 1. The van der Waals surface area contributed by atoms with E-state index in [9.17, 15) is 9.59 Å². The fourth-order valence-electron chi connectivity index (χ4n) is 3.64. The van der Waals surface area contributed by atoms with E-state index in [2.05, 4.69) is 37.1 Å². The molecule has 3 amide bonds. The minimum Gasteiger partial charge on any atom is -0.337 e. The molecule has 1 atom stereocenters. The quantitative estimate of drug-likeness (QED) is 0.880. The third-order valence-electron chi connectivity index (χ3n) is 5.62. The van der Waals surface area contributed by atoms with Gasteiger partial charge < -0.3 is 15.1 Å². The molecule has 142 valence electrons. The number of hydrogen-bond donors (Lipinski definition) is 1. The zero-order valence-corrected chi connectivity index (χ0v) is 16.2. The lowest BCUT2D eigenvalue weighted by Gasteiger charge is -2.34. The molecule has 0 spiro atoms. The first kappa shape index (κ1) is 18.7. The van der Waals surface area contributed by atoms with Crippen LogP contribution >= 0.6 is 0 Å². The largest absolute Gasteiger partial charge is 0.337 e. The number of nitrogens with zero attached hydrogens (tertiary/aromatic N) is 2. The van der Waals surface area contributed by atoms with Gasteiger partial charge in [0.15, 0.2) is 0 Å². The Kier molecular flexibility index (Phi) is 5.84. The Morgan fingerprint density at radius 1 is 1.27 bits per heavy atom. The second-order valence-electron chi connectivity index (χ2n) is 8.08. The molecule has 1 aliphatic heterocycles. The van der Waals surface area contributed by atoms with E-state index < -0.39 is 0 Å². The van der Waals surface area contributed by atoms with Crippen LogP contribution in [0.1, 0.15) is 44.2 Å². The molecule has 1 saturated heterocycles. The maximum atomic E-state index is 12.7. The van der Waals surface area contributed by atoms with E-state index in [0.717, 1.165) is 12.1 Å². The van der Waals surface area contributed by atoms with Crippen molar-refractivity contribution in [3.05, 3.63) is 35.4 Å². The lowest BCUT2D eigenvalue weighted by molar-refractivity contribution is -0.133. The van der Waals surface area contributed by atoms with Gasteiger partial charge in [0.1, 0.15) is 0 Å². The molecule has 0 unspecified atom stereocenters. The van der Waals surface area contributed by atoms with Crippen LogP contribution in [0.3, 0.4) is 0 Å². The third-order valence-corrected chi connectivity index (χ3v) is 5.62. The monoisotopic (exact) mass is 357 g/mol. The van der Waals surface area contributed by atoms with Crippen molar-refractivity contribution in [2.45, 2.75) is 52.6 Å². The van der Waals surface area contributed by atoms with Crippen molar-refractivity contribution in [2.24, 2.45) is 11.8 Å². The molecule has 1 N–H and O–H groups in total. The fourth-order valence-corrected chi connectivity index (χ4v) is 3.64. The third kappa shape index (κ3) is 4.57. The summed E-state index contributed by atoms with van der Waals surface area (Å²) in [6, 6.07) is 8.12. The van der Waals surface area contributed by atoms with Crippen LogP contribution in [0.25, 0.3) is 0 Å². The van der Waals surface area contributed by atoms with Crippen molar-refractivity contribution >= 4 is 11.9 Å². The number of hydrogen-bond acceptors (Lipinski definition) is 2. The Morgan fingerprint density at radius 2 is 2.00 bits per heavy atom. The van der Waals surface area contributed by atoms with Gasteiger partial charge in [0.2, 0.25) is 5.91 Å². The maximum Gasteiger partial charge on any atom is 0.317 e. The van der Waals surface area contributed by atoms with Gasteiger partial charge in [-0.05, 0) is 42.7 Å². The summed E-state index contributed by atoms with van der Waals surface area (Å²) in [4.78, 5) is 29.3. The van der Waals surface area contributed by atoms with Gasteiger partial charge in [-0.2, -0.15) is 0 Å². The van der Waals surface area contributed by atoms with Gasteiger partial charge >= 0.3 is 6.03 Å². The summed E-state index contributed by atoms with van der Waals surface area (Å²) in [6.07, 6.45) is 2.89. The molecule has 1 saturated carbocycles. The number of rotatable bonds is 5. The van der Waals surface area contributed by atoms with E-state index >= 15 is 0 Å². The molecule has 0 bridgehead atoms. The van der Waals surface area contributed by atoms with Gasteiger partial charge in [-0.3, -0.25) is 4.79 Å². The Labute approximate surface area is 156 Å². The Bertz CT molecular complexity index is 654. The normalized spacial score (nSPS) is 21.1. The topological polar surface area (TPSA) is 52.7 Å². The fraction of sp³-hybridized carbons (Fsp3) is 0.619. The van der Waals surface area contributed by atoms with E-state index in [1.807, 2.05) is 23.1 Å². The summed E-state index contributed by atoms with van der Waals surface area (Å²) in [6.45, 7) is 8.85. The van der Waals surface area contributed by atoms with Crippen LogP contribution in [0.4, 0.5) is 4.79 Å². The smallest absolute Gasteiger partial charge is 0.317 e. The molecule has 2 aliphatic rings. The zero-order chi connectivity index (χ0) is 18.7. The molecule has 1 aromatic carbocycles. The van der Waals surface area contributed by atoms with Gasteiger partial charge in [0, 0.05) is 32.6 Å². The predicted octanol–water partition coefficient (Wildman–Crippen LogP) is 3.17. The number of carbonyl (C=O) groups is 2. The average Bonchev–Trinajstić information content (AvgIpc) is 3.43. The molecule has 1 heterocycles. The Balaban J connectivity index is 1.64. The molecule has 3 rings (SSSR count). The van der Waals surface area contributed by atoms with Crippen LogP contribution < -0.4 is 5.32 Å². The first-order valence-electron chi connectivity index (χ1n) is 9.82. The van der Waals surface area contributed by atoms with Gasteiger partial charge in [0.05, 0.1) is 6.04 Å². The molecular weight excluding hydrogens is 326 g/mol. The maximum absolute atomic E-state index is 12.7. The average molecular weight is 357 g/mol. The number of amides is 3. The van der Waals surface area contributed by atoms with Crippen molar-refractivity contribution in [1.29, 1.82) is 0 Å². The minimum atomic E-state index is -0.0695. The molecule has 0 aromatic heterocycles. The second kappa shape index (κ2) is 8.11. The first-order valence-corrected chi connectivity index (χ1v) is 9.82. The number of carbonyl (C=O) groups excluding carboxylic acids is 2. The van der Waals surface area contributed by atoms with Gasteiger partial charge in [-0.25, -0.2) is 4.79 Å². The molecule has 1 aromatic rings. The zero-order valence-electron chi connectivity index (χ0n) is 16.2. The van der Waals surface area contributed by atoms with Crippen LogP contribution in [0.2, 0.25) is 0 Å². The molecule has 2 fully saturated rings. The Hall–Kier alpha value is -2.04. The van der Waals surface area contributed by atoms with Gasteiger partial charge in [-0.15, -0.1) is 0 Å². The molecule has 26 heavy (non-hydrogen) atoms. The van der Waals surface area contributed by atoms with E-state index in [-0.39, 0.29) is 18.0 Å². The predicted molar refractivity (Wildman–Crippen MR) is 103 cm³/mol. The van der Waals surface area contributed by atoms with Gasteiger partial charge in [-0.1, -0.05) is 38.1 Å². The number of benzene rings is 1. The summed E-state index contributed by atoms with van der Waals surface area (Å²) in [7, 11) is 0. The van der Waals surface area contributed by atoms with Crippen molar-refractivity contribution in [3.63, 3.8) is 0 Å². The molecule has 1 aliphatic carbocycles. The highest BCUT2D eigenvalue weighted by molar-refractivity contribution is 5.80. The highest BCUT2D eigenvalue weighted by Crippen LogP contribution is 2.32. The number of aryl methyl sites for hydroxylation is 1. The van der Waals surface area contributed by atoms with E-state index in [4.69, 9.17) is 0 Å². The van der Waals surface area contributed by atoms with Crippen LogP contribution in [0.15, 0.2) is 24.3 Å². The Morgan fingerprint density at radius 3 is 2.65 bits per heavy atom. The molecule has 5 heteroatoms. The van der Waals surface area contributed by atoms with E-state index in [1.54, 1.807) is 0 Å². The van der Waals surface area contributed by atoms with Crippen molar-refractivity contribution in [1.82, 2.24) is 15.1 Å². The molecule has 0 radical (unpaired) electrons. The minimum absolute atomic E-state index is 0.0695. The summed E-state index contributed by atoms with van der Waals surface area (Å²) in [5.41, 5.74) is 2.30. The van der Waals surface area contributed by atoms with E-state index in [1.165, 1.54) is 18.4 Å². The standard InChI is InChI=1S/C21H31N3O2/c1-15(2)19-14-23(11-10-20(25)24(19)13-17-8-9-17)21(26)22-12-18-7-5-4-6-16(18)3/h4-7,15,17,19H,8-14H2,1-3H3,(H,22,26)/t19-/m0/s1.